The first kappa shape index (κ1) is 20.3. The minimum atomic E-state index is -4.85. The molecule has 0 fully saturated rings. The molecule has 0 saturated heterocycles. The van der Waals surface area contributed by atoms with Gasteiger partial charge in [-0.05, 0) is 49.7 Å². The molecule has 0 spiro atoms. The van der Waals surface area contributed by atoms with E-state index in [1.54, 1.807) is 0 Å². The average molecular weight is 392 g/mol. The van der Waals surface area contributed by atoms with Gasteiger partial charge < -0.3 is 10.6 Å². The number of nitrogens with two attached hydrogens (primary N) is 1. The molecule has 0 bridgehead atoms. The van der Waals surface area contributed by atoms with Crippen LogP contribution in [0.5, 0.6) is 5.75 Å². The molecule has 0 aliphatic carbocycles. The summed E-state index contributed by atoms with van der Waals surface area (Å²) in [4.78, 5) is 0. The van der Waals surface area contributed by atoms with Crippen LogP contribution in [-0.4, -0.2) is 22.3 Å². The van der Waals surface area contributed by atoms with E-state index >= 15 is 0 Å². The third-order valence-corrected chi connectivity index (χ3v) is 3.45. The fourth-order valence-corrected chi connectivity index (χ4v) is 2.36. The van der Waals surface area contributed by atoms with E-state index in [4.69, 9.17) is 5.84 Å². The maximum absolute atomic E-state index is 13.2. The van der Waals surface area contributed by atoms with E-state index in [1.165, 1.54) is 32.0 Å². The van der Waals surface area contributed by atoms with Crippen LogP contribution >= 0.6 is 0 Å². The average Bonchev–Trinajstić information content (AvgIpc) is 2.52. The van der Waals surface area contributed by atoms with Crippen LogP contribution in [0.4, 0.5) is 26.3 Å². The summed E-state index contributed by atoms with van der Waals surface area (Å²) < 4.78 is 80.9. The van der Waals surface area contributed by atoms with Crippen molar-refractivity contribution in [1.29, 1.82) is 0 Å². The van der Waals surface area contributed by atoms with Gasteiger partial charge in [-0.3, -0.25) is 0 Å². The maximum atomic E-state index is 13.2. The molecule has 0 aliphatic rings. The molecule has 2 aromatic rings. The second kappa shape index (κ2) is 7.33. The second-order valence-corrected chi connectivity index (χ2v) is 5.31. The number of alkyl halides is 6. The molecule has 11 heteroatoms. The van der Waals surface area contributed by atoms with Crippen molar-refractivity contribution in [3.8, 4) is 17.0 Å². The van der Waals surface area contributed by atoms with Crippen LogP contribution in [0.3, 0.4) is 0 Å². The number of rotatable bonds is 3. The first-order chi connectivity index (χ1) is 12.5. The molecular weight excluding hydrogens is 378 g/mol. The molecule has 1 heterocycles. The predicted octanol–water partition coefficient (Wildman–Crippen LogP) is 3.95. The smallest absolute Gasteiger partial charge is 0.406 e. The fraction of sp³-hybridized carbons (Fsp3) is 0.250. The van der Waals surface area contributed by atoms with Gasteiger partial charge in [0.2, 0.25) is 0 Å². The minimum Gasteiger partial charge on any atom is -0.406 e. The number of ether oxygens (including phenoxy) is 1. The van der Waals surface area contributed by atoms with Crippen molar-refractivity contribution >= 4 is 5.70 Å². The van der Waals surface area contributed by atoms with Crippen LogP contribution in [0, 0.1) is 6.92 Å². The third kappa shape index (κ3) is 4.80. The number of halogens is 6. The SMILES string of the molecule is C/C=C(\n1nc(-c2ccc(OC(F)(F)F)cc2C)cc/c1=N/N)C(F)(F)F. The summed E-state index contributed by atoms with van der Waals surface area (Å²) in [5.41, 5.74) is -0.633. The lowest BCUT2D eigenvalue weighted by Gasteiger charge is -2.16. The van der Waals surface area contributed by atoms with Gasteiger partial charge in [-0.15, -0.1) is 13.2 Å². The zero-order chi connectivity index (χ0) is 20.4. The molecule has 1 aromatic carbocycles. The van der Waals surface area contributed by atoms with Crippen molar-refractivity contribution in [3.63, 3.8) is 0 Å². The first-order valence-electron chi connectivity index (χ1n) is 7.41. The van der Waals surface area contributed by atoms with Crippen molar-refractivity contribution in [2.45, 2.75) is 26.4 Å². The molecule has 0 atom stereocenters. The van der Waals surface area contributed by atoms with Gasteiger partial charge in [-0.1, -0.05) is 6.08 Å². The summed E-state index contributed by atoms with van der Waals surface area (Å²) in [5.74, 6) is 4.68. The van der Waals surface area contributed by atoms with Crippen LogP contribution in [0.1, 0.15) is 12.5 Å². The Morgan fingerprint density at radius 3 is 2.30 bits per heavy atom. The van der Waals surface area contributed by atoms with Crippen LogP contribution < -0.4 is 16.1 Å². The monoisotopic (exact) mass is 392 g/mol. The van der Waals surface area contributed by atoms with Gasteiger partial charge in [0.05, 0.1) is 5.69 Å². The highest BCUT2D eigenvalue weighted by molar-refractivity contribution is 5.64. The molecule has 146 valence electrons. The van der Waals surface area contributed by atoms with Crippen LogP contribution in [0.2, 0.25) is 0 Å². The Morgan fingerprint density at radius 1 is 1.15 bits per heavy atom. The number of hydrogen-bond acceptors (Lipinski definition) is 4. The molecule has 0 unspecified atom stereocenters. The van der Waals surface area contributed by atoms with Crippen molar-refractivity contribution in [1.82, 2.24) is 9.78 Å². The first-order valence-corrected chi connectivity index (χ1v) is 7.41. The number of nitrogens with zero attached hydrogens (tertiary/aromatic N) is 3. The Balaban J connectivity index is 2.57. The van der Waals surface area contributed by atoms with E-state index in [1.807, 2.05) is 0 Å². The summed E-state index contributed by atoms with van der Waals surface area (Å²) in [5, 5.41) is 7.19. The lowest BCUT2D eigenvalue weighted by Crippen LogP contribution is -2.30. The number of allylic oxidation sites excluding steroid dienone is 2. The van der Waals surface area contributed by atoms with Crippen LogP contribution in [-0.2, 0) is 0 Å². The lowest BCUT2D eigenvalue weighted by atomic mass is 10.1. The predicted molar refractivity (Wildman–Crippen MR) is 84.8 cm³/mol. The molecule has 5 nitrogen and oxygen atoms in total. The molecule has 1 aromatic heterocycles. The summed E-state index contributed by atoms with van der Waals surface area (Å²) in [6.45, 7) is 2.66. The Morgan fingerprint density at radius 2 is 1.81 bits per heavy atom. The molecule has 0 amide bonds. The maximum Gasteiger partial charge on any atom is 0.573 e. The Kier molecular flexibility index (Phi) is 5.52. The zero-order valence-electron chi connectivity index (χ0n) is 14.1. The highest BCUT2D eigenvalue weighted by atomic mass is 19.4. The van der Waals surface area contributed by atoms with Gasteiger partial charge in [0.1, 0.15) is 11.4 Å². The number of aromatic nitrogens is 2. The van der Waals surface area contributed by atoms with Crippen molar-refractivity contribution < 1.29 is 31.1 Å². The fourth-order valence-electron chi connectivity index (χ4n) is 2.36. The van der Waals surface area contributed by atoms with E-state index in [0.29, 0.717) is 15.8 Å². The normalized spacial score (nSPS) is 13.8. The van der Waals surface area contributed by atoms with Gasteiger partial charge in [-0.25, -0.2) is 4.68 Å². The second-order valence-electron chi connectivity index (χ2n) is 5.31. The Labute approximate surface area is 149 Å². The van der Waals surface area contributed by atoms with E-state index in [-0.39, 0.29) is 11.2 Å². The molecular formula is C16H14F6N4O. The van der Waals surface area contributed by atoms with Gasteiger partial charge in [0.25, 0.3) is 0 Å². The largest absolute Gasteiger partial charge is 0.573 e. The van der Waals surface area contributed by atoms with E-state index in [9.17, 15) is 26.3 Å². The summed E-state index contributed by atoms with van der Waals surface area (Å²) in [7, 11) is 0. The zero-order valence-corrected chi connectivity index (χ0v) is 14.1. The summed E-state index contributed by atoms with van der Waals surface area (Å²) >= 11 is 0. The lowest BCUT2D eigenvalue weighted by molar-refractivity contribution is -0.274. The van der Waals surface area contributed by atoms with Crippen molar-refractivity contribution in [2.75, 3.05) is 0 Å². The molecule has 0 saturated carbocycles. The standard InChI is InChI=1S/C16H14F6N4O/c1-3-13(15(17,18)19)26-14(24-23)7-6-12(25-26)11-5-4-10(8-9(11)2)27-16(20,21)22/h3-8H,23H2,1-2H3/b13-3-,24-14-. The molecule has 2 N–H and O–H groups in total. The minimum absolute atomic E-state index is 0.0852. The molecule has 27 heavy (non-hydrogen) atoms. The van der Waals surface area contributed by atoms with Gasteiger partial charge in [0.15, 0.2) is 5.49 Å². The Hall–Kier alpha value is -2.98. The van der Waals surface area contributed by atoms with E-state index in [2.05, 4.69) is 14.9 Å². The van der Waals surface area contributed by atoms with Gasteiger partial charge in [-0.2, -0.15) is 23.4 Å². The van der Waals surface area contributed by atoms with Gasteiger partial charge >= 0.3 is 12.5 Å². The van der Waals surface area contributed by atoms with E-state index < -0.39 is 24.0 Å². The molecule has 0 radical (unpaired) electrons. The number of aryl methyl sites for hydroxylation is 1. The quantitative estimate of drug-likeness (QED) is 0.489. The number of hydrogen-bond donors (Lipinski definition) is 1. The van der Waals surface area contributed by atoms with Crippen molar-refractivity contribution in [3.05, 3.63) is 47.5 Å². The van der Waals surface area contributed by atoms with Crippen LogP contribution in [0.15, 0.2) is 41.5 Å². The molecule has 2 rings (SSSR count). The van der Waals surface area contributed by atoms with Gasteiger partial charge in [0, 0.05) is 5.56 Å². The molecule has 0 aliphatic heterocycles. The Bertz CT molecular complexity index is 928. The summed E-state index contributed by atoms with van der Waals surface area (Å²) in [6.07, 6.45) is -8.77. The van der Waals surface area contributed by atoms with Crippen LogP contribution in [0.25, 0.3) is 17.0 Å². The number of benzene rings is 1. The third-order valence-electron chi connectivity index (χ3n) is 3.45. The highest BCUT2D eigenvalue weighted by Gasteiger charge is 2.36. The highest BCUT2D eigenvalue weighted by Crippen LogP contribution is 2.30. The van der Waals surface area contributed by atoms with E-state index in [0.717, 1.165) is 18.2 Å². The topological polar surface area (TPSA) is 65.4 Å². The summed E-state index contributed by atoms with van der Waals surface area (Å²) in [6, 6.07) is 6.00. The van der Waals surface area contributed by atoms with Crippen molar-refractivity contribution in [2.24, 2.45) is 10.9 Å².